The van der Waals surface area contributed by atoms with E-state index in [4.69, 9.17) is 0 Å². The van der Waals surface area contributed by atoms with Gasteiger partial charge in [-0.05, 0) is 21.3 Å². The van der Waals surface area contributed by atoms with E-state index in [9.17, 15) is 28.4 Å². The first-order valence-electron chi connectivity index (χ1n) is 5.15. The molecule has 0 radical (unpaired) electrons. The molecule has 4 nitrogen and oxygen atoms in total. The number of nitro benzene ring substituents is 1. The number of alkyl halides is 3. The summed E-state index contributed by atoms with van der Waals surface area (Å²) >= 11 is 2.84. The topological polar surface area (TPSA) is 63.4 Å². The molecule has 0 spiro atoms. The smallest absolute Gasteiger partial charge is 0.423 e. The molecular formula is C11H11BrF3NO3. The number of phenols is 1. The average Bonchev–Trinajstić information content (AvgIpc) is 2.17. The number of nitro groups is 1. The summed E-state index contributed by atoms with van der Waals surface area (Å²) in [6.07, 6.45) is -4.93. The maximum atomic E-state index is 13.1. The molecule has 1 N–H and O–H groups in total. The summed E-state index contributed by atoms with van der Waals surface area (Å²) in [5.41, 5.74) is -4.10. The molecule has 1 aromatic carbocycles. The molecule has 1 aromatic rings. The van der Waals surface area contributed by atoms with Crippen LogP contribution >= 0.6 is 15.9 Å². The number of nitrogens with zero attached hydrogens (tertiary/aromatic N) is 1. The van der Waals surface area contributed by atoms with Crippen molar-refractivity contribution in [2.45, 2.75) is 32.4 Å². The van der Waals surface area contributed by atoms with Crippen molar-refractivity contribution in [2.24, 2.45) is 0 Å². The highest BCUT2D eigenvalue weighted by molar-refractivity contribution is 9.10. The predicted molar refractivity (Wildman–Crippen MR) is 66.2 cm³/mol. The lowest BCUT2D eigenvalue weighted by molar-refractivity contribution is -0.388. The van der Waals surface area contributed by atoms with Crippen molar-refractivity contribution >= 4 is 21.6 Å². The van der Waals surface area contributed by atoms with Crippen molar-refractivity contribution in [3.05, 3.63) is 31.8 Å². The molecule has 8 heteroatoms. The monoisotopic (exact) mass is 341 g/mol. The molecule has 0 heterocycles. The molecule has 0 unspecified atom stereocenters. The third-order valence-electron chi connectivity index (χ3n) is 2.46. The van der Waals surface area contributed by atoms with Gasteiger partial charge in [0.2, 0.25) is 0 Å². The van der Waals surface area contributed by atoms with Crippen molar-refractivity contribution in [3.8, 4) is 5.75 Å². The molecular weight excluding hydrogens is 331 g/mol. The summed E-state index contributed by atoms with van der Waals surface area (Å²) in [5.74, 6) is -0.634. The average molecular weight is 342 g/mol. The van der Waals surface area contributed by atoms with Gasteiger partial charge in [0.15, 0.2) is 0 Å². The lowest BCUT2D eigenvalue weighted by Crippen LogP contribution is -2.21. The highest BCUT2D eigenvalue weighted by Crippen LogP contribution is 2.49. The zero-order valence-electron chi connectivity index (χ0n) is 10.3. The van der Waals surface area contributed by atoms with E-state index < -0.39 is 39.1 Å². The Morgan fingerprint density at radius 1 is 1.26 bits per heavy atom. The van der Waals surface area contributed by atoms with Gasteiger partial charge in [-0.2, -0.15) is 13.2 Å². The van der Waals surface area contributed by atoms with Crippen molar-refractivity contribution in [3.63, 3.8) is 0 Å². The van der Waals surface area contributed by atoms with Crippen LogP contribution in [0.3, 0.4) is 0 Å². The van der Waals surface area contributed by atoms with Crippen LogP contribution in [-0.4, -0.2) is 10.0 Å². The molecule has 0 saturated carbocycles. The molecule has 0 aliphatic rings. The lowest BCUT2D eigenvalue weighted by Gasteiger charge is -2.25. The fourth-order valence-electron chi connectivity index (χ4n) is 1.79. The summed E-state index contributed by atoms with van der Waals surface area (Å²) in [6, 6.07) is 0.660. The number of hydrogen-bond donors (Lipinski definition) is 1. The minimum Gasteiger partial charge on any atom is -0.506 e. The van der Waals surface area contributed by atoms with E-state index in [0.29, 0.717) is 6.07 Å². The van der Waals surface area contributed by atoms with Gasteiger partial charge in [0, 0.05) is 11.6 Å². The van der Waals surface area contributed by atoms with E-state index in [0.717, 1.165) is 0 Å². The normalized spacial score (nSPS) is 12.6. The Morgan fingerprint density at radius 3 is 2.05 bits per heavy atom. The molecule has 0 aromatic heterocycles. The molecule has 0 atom stereocenters. The second-order valence-electron chi connectivity index (χ2n) is 4.98. The van der Waals surface area contributed by atoms with E-state index >= 15 is 0 Å². The molecule has 0 saturated heterocycles. The zero-order valence-corrected chi connectivity index (χ0v) is 11.9. The summed E-state index contributed by atoms with van der Waals surface area (Å²) in [7, 11) is 0. The Bertz CT molecular complexity index is 535. The quantitative estimate of drug-likeness (QED) is 0.609. The molecule has 19 heavy (non-hydrogen) atoms. The van der Waals surface area contributed by atoms with Crippen molar-refractivity contribution < 1.29 is 23.2 Å². The molecule has 0 aliphatic heterocycles. The summed E-state index contributed by atoms with van der Waals surface area (Å²) < 4.78 is 39.1. The van der Waals surface area contributed by atoms with Crippen LogP contribution in [0.1, 0.15) is 31.9 Å². The van der Waals surface area contributed by atoms with Crippen LogP contribution in [0.25, 0.3) is 0 Å². The zero-order chi connectivity index (χ0) is 15.2. The van der Waals surface area contributed by atoms with Gasteiger partial charge in [-0.1, -0.05) is 20.8 Å². The van der Waals surface area contributed by atoms with E-state index in [2.05, 4.69) is 15.9 Å². The van der Waals surface area contributed by atoms with Gasteiger partial charge in [-0.3, -0.25) is 10.1 Å². The van der Waals surface area contributed by atoms with Crippen LogP contribution in [0.4, 0.5) is 18.9 Å². The third kappa shape index (κ3) is 2.99. The molecule has 0 amide bonds. The number of phenolic OH excluding ortho intramolecular Hbond substituents is 1. The highest BCUT2D eigenvalue weighted by Gasteiger charge is 2.45. The van der Waals surface area contributed by atoms with E-state index in [1.54, 1.807) is 0 Å². The fraction of sp³-hybridized carbons (Fsp3) is 0.455. The second-order valence-corrected chi connectivity index (χ2v) is 5.84. The maximum Gasteiger partial charge on any atom is 0.423 e. The molecule has 0 aliphatic carbocycles. The Kier molecular flexibility index (Phi) is 3.86. The van der Waals surface area contributed by atoms with Gasteiger partial charge in [0.05, 0.1) is 9.40 Å². The molecule has 0 fully saturated rings. The number of hydrogen-bond acceptors (Lipinski definition) is 3. The fourth-order valence-corrected chi connectivity index (χ4v) is 2.20. The minimum atomic E-state index is -4.93. The van der Waals surface area contributed by atoms with Crippen molar-refractivity contribution in [2.75, 3.05) is 0 Å². The van der Waals surface area contributed by atoms with Crippen LogP contribution in [-0.2, 0) is 11.6 Å². The first-order valence-corrected chi connectivity index (χ1v) is 5.94. The summed E-state index contributed by atoms with van der Waals surface area (Å²) in [4.78, 5) is 9.71. The number of benzene rings is 1. The summed E-state index contributed by atoms with van der Waals surface area (Å²) in [6.45, 7) is 4.31. The standard InChI is InChI=1S/C11H11BrF3NO3/c1-10(2,3)8-7(11(13,14)15)6(16(18)19)4-5(12)9(8)17/h4,17H,1-3H3. The first kappa shape index (κ1) is 15.7. The Labute approximate surface area is 115 Å². The Morgan fingerprint density at radius 2 is 1.74 bits per heavy atom. The van der Waals surface area contributed by atoms with Crippen LogP contribution in [0.15, 0.2) is 10.5 Å². The summed E-state index contributed by atoms with van der Waals surface area (Å²) in [5, 5.41) is 20.6. The number of rotatable bonds is 1. The Hall–Kier alpha value is -1.31. The van der Waals surface area contributed by atoms with Crippen LogP contribution < -0.4 is 0 Å². The molecule has 0 bridgehead atoms. The van der Waals surface area contributed by atoms with Gasteiger partial charge >= 0.3 is 6.18 Å². The van der Waals surface area contributed by atoms with E-state index in [1.807, 2.05) is 0 Å². The van der Waals surface area contributed by atoms with Gasteiger partial charge in [-0.25, -0.2) is 0 Å². The lowest BCUT2D eigenvalue weighted by atomic mass is 9.82. The minimum absolute atomic E-state index is 0.142. The van der Waals surface area contributed by atoms with Crippen molar-refractivity contribution in [1.29, 1.82) is 0 Å². The SMILES string of the molecule is CC(C)(C)c1c(O)c(Br)cc([N+](=O)[O-])c1C(F)(F)F. The van der Waals surface area contributed by atoms with Crippen LogP contribution in [0.2, 0.25) is 0 Å². The largest absolute Gasteiger partial charge is 0.506 e. The van der Waals surface area contributed by atoms with Crippen molar-refractivity contribution in [1.82, 2.24) is 0 Å². The number of halogens is 4. The van der Waals surface area contributed by atoms with Gasteiger partial charge in [-0.15, -0.1) is 0 Å². The van der Waals surface area contributed by atoms with Crippen LogP contribution in [0, 0.1) is 10.1 Å². The third-order valence-corrected chi connectivity index (χ3v) is 3.07. The first-order chi connectivity index (χ1) is 8.37. The van der Waals surface area contributed by atoms with E-state index in [-0.39, 0.29) is 4.47 Å². The van der Waals surface area contributed by atoms with Gasteiger partial charge in [0.25, 0.3) is 5.69 Å². The van der Waals surface area contributed by atoms with E-state index in [1.165, 1.54) is 20.8 Å². The molecule has 1 rings (SSSR count). The maximum absolute atomic E-state index is 13.1. The number of aromatic hydroxyl groups is 1. The molecule has 106 valence electrons. The Balaban J connectivity index is 3.92. The van der Waals surface area contributed by atoms with Gasteiger partial charge in [0.1, 0.15) is 11.3 Å². The predicted octanol–water partition coefficient (Wildman–Crippen LogP) is 4.38. The second kappa shape index (κ2) is 4.66. The van der Waals surface area contributed by atoms with Crippen LogP contribution in [0.5, 0.6) is 5.75 Å². The van der Waals surface area contributed by atoms with Gasteiger partial charge < -0.3 is 5.11 Å². The highest BCUT2D eigenvalue weighted by atomic mass is 79.9.